The Kier molecular flexibility index (Phi) is 4.72. The van der Waals surface area contributed by atoms with E-state index in [4.69, 9.17) is 0 Å². The maximum absolute atomic E-state index is 12.6. The van der Waals surface area contributed by atoms with Crippen LogP contribution in [0.2, 0.25) is 0 Å². The normalized spacial score (nSPS) is 21.4. The number of benzene rings is 1. The first kappa shape index (κ1) is 11.8. The molecule has 14 heavy (non-hydrogen) atoms. The number of rotatable bonds is 1. The maximum Gasteiger partial charge on any atom is 0.123 e. The Morgan fingerprint density at radius 2 is 2.00 bits per heavy atom. The average Bonchev–Trinajstić information content (AvgIpc) is 2.20. The van der Waals surface area contributed by atoms with Crippen LogP contribution in [0.25, 0.3) is 0 Å². The van der Waals surface area contributed by atoms with Gasteiger partial charge < -0.3 is 5.32 Å². The average molecular weight is 234 g/mol. The summed E-state index contributed by atoms with van der Waals surface area (Å²) >= 11 is 1.95. The smallest absolute Gasteiger partial charge is 0.123 e. The molecule has 2 rings (SSSR count). The lowest BCUT2D eigenvalue weighted by Gasteiger charge is -2.23. The minimum Gasteiger partial charge on any atom is -0.308 e. The zero-order valence-corrected chi connectivity index (χ0v) is 9.34. The van der Waals surface area contributed by atoms with Crippen LogP contribution in [-0.2, 0) is 0 Å². The Bertz CT molecular complexity index is 272. The van der Waals surface area contributed by atoms with Crippen LogP contribution in [0, 0.1) is 5.82 Å². The molecule has 0 bridgehead atoms. The molecule has 0 amide bonds. The molecule has 1 aliphatic rings. The van der Waals surface area contributed by atoms with Crippen LogP contribution in [0.4, 0.5) is 4.39 Å². The van der Waals surface area contributed by atoms with E-state index >= 15 is 0 Å². The van der Waals surface area contributed by atoms with Gasteiger partial charge in [-0.3, -0.25) is 0 Å². The van der Waals surface area contributed by atoms with E-state index in [1.54, 1.807) is 0 Å². The molecule has 0 unspecified atom stereocenters. The molecular weight excluding hydrogens is 221 g/mol. The van der Waals surface area contributed by atoms with E-state index in [-0.39, 0.29) is 18.2 Å². The summed E-state index contributed by atoms with van der Waals surface area (Å²) in [6.07, 6.45) is 0. The Morgan fingerprint density at radius 3 is 2.57 bits per heavy atom. The lowest BCUT2D eigenvalue weighted by Crippen LogP contribution is -2.30. The highest BCUT2D eigenvalue weighted by Gasteiger charge is 2.14. The molecule has 4 heteroatoms. The van der Waals surface area contributed by atoms with Gasteiger partial charge in [0, 0.05) is 24.1 Å². The zero-order valence-electron chi connectivity index (χ0n) is 7.70. The number of halogens is 2. The second-order valence-corrected chi connectivity index (χ2v) is 4.28. The van der Waals surface area contributed by atoms with Gasteiger partial charge in [0.15, 0.2) is 0 Å². The molecular formula is C10H13ClFNS. The predicted octanol–water partition coefficient (Wildman–Crippen LogP) is 2.62. The fraction of sp³-hybridized carbons (Fsp3) is 0.400. The van der Waals surface area contributed by atoms with Crippen molar-refractivity contribution >= 4 is 24.2 Å². The SMILES string of the molecule is Cl.Fc1ccc([C@@H]2CSCCN2)cc1. The summed E-state index contributed by atoms with van der Waals surface area (Å²) in [6.45, 7) is 1.05. The summed E-state index contributed by atoms with van der Waals surface area (Å²) in [4.78, 5) is 0. The van der Waals surface area contributed by atoms with E-state index in [1.165, 1.54) is 23.4 Å². The third-order valence-corrected chi connectivity index (χ3v) is 3.26. The molecule has 0 radical (unpaired) electrons. The van der Waals surface area contributed by atoms with Gasteiger partial charge >= 0.3 is 0 Å². The monoisotopic (exact) mass is 233 g/mol. The fourth-order valence-electron chi connectivity index (χ4n) is 1.47. The van der Waals surface area contributed by atoms with Crippen LogP contribution in [0.15, 0.2) is 24.3 Å². The van der Waals surface area contributed by atoms with Gasteiger partial charge in [-0.2, -0.15) is 11.8 Å². The lowest BCUT2D eigenvalue weighted by atomic mass is 10.1. The first-order valence-corrected chi connectivity index (χ1v) is 5.58. The highest BCUT2D eigenvalue weighted by atomic mass is 35.5. The molecule has 1 saturated heterocycles. The topological polar surface area (TPSA) is 12.0 Å². The van der Waals surface area contributed by atoms with Gasteiger partial charge in [-0.25, -0.2) is 4.39 Å². The summed E-state index contributed by atoms with van der Waals surface area (Å²) in [5.74, 6) is 2.11. The number of nitrogens with one attached hydrogen (secondary N) is 1. The third kappa shape index (κ3) is 2.87. The summed E-state index contributed by atoms with van der Waals surface area (Å²) in [5, 5.41) is 3.41. The maximum atomic E-state index is 12.6. The van der Waals surface area contributed by atoms with Gasteiger partial charge in [0.05, 0.1) is 0 Å². The van der Waals surface area contributed by atoms with Gasteiger partial charge in [0.25, 0.3) is 0 Å². The Labute approximate surface area is 93.9 Å². The molecule has 1 N–H and O–H groups in total. The van der Waals surface area contributed by atoms with Crippen molar-refractivity contribution in [1.29, 1.82) is 0 Å². The van der Waals surface area contributed by atoms with E-state index in [1.807, 2.05) is 23.9 Å². The second kappa shape index (κ2) is 5.59. The van der Waals surface area contributed by atoms with Crippen LogP contribution in [0.5, 0.6) is 0 Å². The van der Waals surface area contributed by atoms with Crippen molar-refractivity contribution in [3.8, 4) is 0 Å². The van der Waals surface area contributed by atoms with Crippen LogP contribution in [-0.4, -0.2) is 18.1 Å². The molecule has 1 aromatic rings. The predicted molar refractivity (Wildman–Crippen MR) is 61.7 cm³/mol. The third-order valence-electron chi connectivity index (χ3n) is 2.19. The van der Waals surface area contributed by atoms with Crippen LogP contribution in [0.1, 0.15) is 11.6 Å². The first-order valence-electron chi connectivity index (χ1n) is 4.43. The zero-order chi connectivity index (χ0) is 9.10. The summed E-state index contributed by atoms with van der Waals surface area (Å²) in [7, 11) is 0. The highest BCUT2D eigenvalue weighted by Crippen LogP contribution is 2.21. The van der Waals surface area contributed by atoms with E-state index in [0.717, 1.165) is 12.3 Å². The van der Waals surface area contributed by atoms with Crippen molar-refractivity contribution in [1.82, 2.24) is 5.32 Å². The Balaban J connectivity index is 0.000000980. The van der Waals surface area contributed by atoms with Crippen LogP contribution in [0.3, 0.4) is 0 Å². The molecule has 0 aliphatic carbocycles. The first-order chi connectivity index (χ1) is 6.36. The molecule has 1 nitrogen and oxygen atoms in total. The lowest BCUT2D eigenvalue weighted by molar-refractivity contribution is 0.589. The summed E-state index contributed by atoms with van der Waals surface area (Å²) in [5.41, 5.74) is 1.19. The minimum absolute atomic E-state index is 0. The number of hydrogen-bond acceptors (Lipinski definition) is 2. The van der Waals surface area contributed by atoms with Crippen molar-refractivity contribution in [2.75, 3.05) is 18.1 Å². The Morgan fingerprint density at radius 1 is 1.29 bits per heavy atom. The minimum atomic E-state index is -0.160. The molecule has 78 valence electrons. The van der Waals surface area contributed by atoms with Gasteiger partial charge in [0.1, 0.15) is 5.82 Å². The van der Waals surface area contributed by atoms with Crippen molar-refractivity contribution in [3.63, 3.8) is 0 Å². The van der Waals surface area contributed by atoms with E-state index in [2.05, 4.69) is 5.32 Å². The van der Waals surface area contributed by atoms with E-state index in [9.17, 15) is 4.39 Å². The standard InChI is InChI=1S/C10H12FNS.ClH/c11-9-3-1-8(2-4-9)10-7-13-6-5-12-10;/h1-4,10,12H,5-7H2;1H/t10-;/m0./s1. The molecule has 0 spiro atoms. The van der Waals surface area contributed by atoms with Crippen molar-refractivity contribution in [2.45, 2.75) is 6.04 Å². The van der Waals surface area contributed by atoms with Crippen LogP contribution < -0.4 is 5.32 Å². The molecule has 1 heterocycles. The van der Waals surface area contributed by atoms with Crippen LogP contribution >= 0.6 is 24.2 Å². The number of thioether (sulfide) groups is 1. The van der Waals surface area contributed by atoms with E-state index in [0.29, 0.717) is 6.04 Å². The largest absolute Gasteiger partial charge is 0.308 e. The van der Waals surface area contributed by atoms with E-state index < -0.39 is 0 Å². The molecule has 1 aromatic carbocycles. The quantitative estimate of drug-likeness (QED) is 0.801. The second-order valence-electron chi connectivity index (χ2n) is 3.13. The number of hydrogen-bond donors (Lipinski definition) is 1. The molecule has 1 aliphatic heterocycles. The molecule has 0 saturated carbocycles. The van der Waals surface area contributed by atoms with Gasteiger partial charge in [0.2, 0.25) is 0 Å². The summed E-state index contributed by atoms with van der Waals surface area (Å²) < 4.78 is 12.6. The molecule has 1 fully saturated rings. The van der Waals surface area contributed by atoms with Crippen molar-refractivity contribution in [2.24, 2.45) is 0 Å². The summed E-state index contributed by atoms with van der Waals surface area (Å²) in [6, 6.07) is 7.17. The fourth-order valence-corrected chi connectivity index (χ4v) is 2.45. The highest BCUT2D eigenvalue weighted by molar-refractivity contribution is 7.99. The van der Waals surface area contributed by atoms with Gasteiger partial charge in [-0.1, -0.05) is 12.1 Å². The molecule has 1 atom stereocenters. The molecule has 0 aromatic heterocycles. The Hall–Kier alpha value is -0.250. The van der Waals surface area contributed by atoms with Crippen molar-refractivity contribution in [3.05, 3.63) is 35.6 Å². The van der Waals surface area contributed by atoms with Gasteiger partial charge in [-0.15, -0.1) is 12.4 Å². The van der Waals surface area contributed by atoms with Gasteiger partial charge in [-0.05, 0) is 17.7 Å². The van der Waals surface area contributed by atoms with Crippen molar-refractivity contribution < 1.29 is 4.39 Å².